The number of ether oxygens (including phenoxy) is 1. The molecule has 7 heavy (non-hydrogen) atoms. The van der Waals surface area contributed by atoms with Crippen molar-refractivity contribution in [3.05, 3.63) is 0 Å². The summed E-state index contributed by atoms with van der Waals surface area (Å²) in [5, 5.41) is 0. The molecule has 1 nitrogen and oxygen atoms in total. The van der Waals surface area contributed by atoms with Crippen LogP contribution in [0.3, 0.4) is 0 Å². The Labute approximate surface area is 61.6 Å². The third-order valence-electron chi connectivity index (χ3n) is 0.612. The minimum absolute atomic E-state index is 0. The molecule has 0 aromatic carbocycles. The lowest BCUT2D eigenvalue weighted by molar-refractivity contribution is 0.0397. The van der Waals surface area contributed by atoms with Gasteiger partial charge in [-0.3, -0.25) is 0 Å². The van der Waals surface area contributed by atoms with Gasteiger partial charge in [-0.1, -0.05) is 0 Å². The van der Waals surface area contributed by atoms with E-state index in [2.05, 4.69) is 0 Å². The van der Waals surface area contributed by atoms with Crippen molar-refractivity contribution >= 4 is 23.1 Å². The van der Waals surface area contributed by atoms with E-state index in [0.717, 1.165) is 0 Å². The van der Waals surface area contributed by atoms with E-state index in [-0.39, 0.29) is 28.7 Å². The molecule has 0 rings (SSSR count). The highest BCUT2D eigenvalue weighted by Gasteiger charge is 2.03. The zero-order valence-electron chi connectivity index (χ0n) is 5.62. The van der Waals surface area contributed by atoms with E-state index < -0.39 is 0 Å². The minimum Gasteiger partial charge on any atom is -0.379 e. The predicted octanol–water partition coefficient (Wildman–Crippen LogP) is 1.05. The summed E-state index contributed by atoms with van der Waals surface area (Å²) in [5.74, 6) is 0. The fraction of sp³-hybridized carbons (Fsp3) is 1.00. The second-order valence-corrected chi connectivity index (χ2v) is 2.32. The second-order valence-electron chi connectivity index (χ2n) is 2.32. The third-order valence-corrected chi connectivity index (χ3v) is 0.612. The molecule has 40 valence electrons. The van der Waals surface area contributed by atoms with Crippen LogP contribution in [-0.2, 0) is 4.74 Å². The van der Waals surface area contributed by atoms with E-state index in [0.29, 0.717) is 0 Å². The van der Waals surface area contributed by atoms with E-state index in [9.17, 15) is 0 Å². The average Bonchev–Trinajstić information content (AvgIpc) is 1.35. The van der Waals surface area contributed by atoms with Crippen molar-refractivity contribution in [3.63, 3.8) is 0 Å². The molecule has 0 aromatic rings. The zero-order valence-corrected chi connectivity index (χ0v) is 7.03. The van der Waals surface area contributed by atoms with Crippen LogP contribution in [0.25, 0.3) is 0 Å². The van der Waals surface area contributed by atoms with Crippen LogP contribution < -0.4 is 0 Å². The average molecular weight is 112 g/mol. The summed E-state index contributed by atoms with van der Waals surface area (Å²) in [4.78, 5) is 0. The molecule has 0 bridgehead atoms. The summed E-state index contributed by atoms with van der Waals surface area (Å²) in [6, 6.07) is 0. The molecule has 0 atom stereocenters. The lowest BCUT2D eigenvalue weighted by Crippen LogP contribution is -2.15. The molecule has 0 amide bonds. The van der Waals surface area contributed by atoms with E-state index in [1.807, 2.05) is 20.8 Å². The molecule has 0 fully saturated rings. The molecule has 0 aromatic heterocycles. The highest BCUT2D eigenvalue weighted by atomic mass is 24.3. The number of methoxy groups -OCH3 is 1. The number of hydrogen-bond donors (Lipinski definition) is 0. The van der Waals surface area contributed by atoms with Gasteiger partial charge in [0.15, 0.2) is 0 Å². The Bertz CT molecular complexity index is 37.8. The Hall–Kier alpha value is 0.726. The molecule has 0 unspecified atom stereocenters. The quantitative estimate of drug-likeness (QED) is 0.426. The van der Waals surface area contributed by atoms with Crippen LogP contribution in [0.5, 0.6) is 0 Å². The van der Waals surface area contributed by atoms with Crippen molar-refractivity contribution in [1.29, 1.82) is 0 Å². The van der Waals surface area contributed by atoms with Gasteiger partial charge < -0.3 is 4.74 Å². The van der Waals surface area contributed by atoms with Gasteiger partial charge in [0.25, 0.3) is 0 Å². The van der Waals surface area contributed by atoms with Gasteiger partial charge in [0.2, 0.25) is 0 Å². The fourth-order valence-corrected chi connectivity index (χ4v) is 0. The molecule has 0 saturated carbocycles. The molecule has 2 heteroatoms. The van der Waals surface area contributed by atoms with Crippen molar-refractivity contribution < 1.29 is 4.74 Å². The zero-order chi connectivity index (χ0) is 5.21. The number of rotatable bonds is 0. The van der Waals surface area contributed by atoms with Gasteiger partial charge in [-0.05, 0) is 20.8 Å². The van der Waals surface area contributed by atoms with E-state index in [1.54, 1.807) is 7.11 Å². The Balaban J connectivity index is 0. The normalized spacial score (nSPS) is 10.3. The van der Waals surface area contributed by atoms with Gasteiger partial charge in [0.05, 0.1) is 5.60 Å². The van der Waals surface area contributed by atoms with Crippen LogP contribution in [0.2, 0.25) is 0 Å². The topological polar surface area (TPSA) is 9.23 Å². The lowest BCUT2D eigenvalue weighted by Gasteiger charge is -2.14. The smallest absolute Gasteiger partial charge is 0.0594 e. The van der Waals surface area contributed by atoms with Crippen LogP contribution in [0, 0.1) is 0 Å². The first-order valence-corrected chi connectivity index (χ1v) is 2.11. The minimum atomic E-state index is 0. The lowest BCUT2D eigenvalue weighted by atomic mass is 10.2. The molecule has 2 radical (unpaired) electrons. The van der Waals surface area contributed by atoms with Crippen molar-refractivity contribution in [2.45, 2.75) is 26.4 Å². The van der Waals surface area contributed by atoms with Gasteiger partial charge in [-0.2, -0.15) is 0 Å². The highest BCUT2D eigenvalue weighted by molar-refractivity contribution is 5.75. The van der Waals surface area contributed by atoms with Crippen LogP contribution in [0.1, 0.15) is 20.8 Å². The molecule has 0 aliphatic carbocycles. The SMILES string of the molecule is COC(C)(C)C.[Mg]. The maximum absolute atomic E-state index is 4.94. The first-order chi connectivity index (χ1) is 2.56. The fourth-order valence-electron chi connectivity index (χ4n) is 0. The Kier molecular flexibility index (Phi) is 5.63. The van der Waals surface area contributed by atoms with Crippen molar-refractivity contribution in [2.24, 2.45) is 0 Å². The maximum Gasteiger partial charge on any atom is 0.0594 e. The largest absolute Gasteiger partial charge is 0.379 e. The number of hydrogen-bond acceptors (Lipinski definition) is 1. The second kappa shape index (κ2) is 3.69. The standard InChI is InChI=1S/C5H12O.Mg/c1-5(2,3)6-4;/h1-4H3;. The van der Waals surface area contributed by atoms with Crippen molar-refractivity contribution in [1.82, 2.24) is 0 Å². The van der Waals surface area contributed by atoms with Gasteiger partial charge in [0, 0.05) is 30.2 Å². The van der Waals surface area contributed by atoms with E-state index in [4.69, 9.17) is 4.74 Å². The summed E-state index contributed by atoms with van der Waals surface area (Å²) in [6.07, 6.45) is 0. The van der Waals surface area contributed by atoms with Gasteiger partial charge in [-0.25, -0.2) is 0 Å². The molecule has 0 aliphatic rings. The van der Waals surface area contributed by atoms with Gasteiger partial charge in [-0.15, -0.1) is 0 Å². The maximum atomic E-state index is 4.94. The van der Waals surface area contributed by atoms with Gasteiger partial charge in [0.1, 0.15) is 0 Å². The first kappa shape index (κ1) is 10.7. The van der Waals surface area contributed by atoms with E-state index in [1.165, 1.54) is 0 Å². The molecular formula is C5H12MgO. The van der Waals surface area contributed by atoms with Gasteiger partial charge >= 0.3 is 0 Å². The van der Waals surface area contributed by atoms with Crippen LogP contribution in [0.4, 0.5) is 0 Å². The molecule has 0 heterocycles. The van der Waals surface area contributed by atoms with Crippen LogP contribution in [-0.4, -0.2) is 35.8 Å². The summed E-state index contributed by atoms with van der Waals surface area (Å²) in [7, 11) is 1.71. The molecule has 0 spiro atoms. The summed E-state index contributed by atoms with van der Waals surface area (Å²) >= 11 is 0. The molecular weight excluding hydrogens is 100 g/mol. The van der Waals surface area contributed by atoms with Crippen molar-refractivity contribution in [2.75, 3.05) is 7.11 Å². The van der Waals surface area contributed by atoms with Crippen LogP contribution >= 0.6 is 0 Å². The Morgan fingerprint density at radius 2 is 1.29 bits per heavy atom. The summed E-state index contributed by atoms with van der Waals surface area (Å²) in [6.45, 7) is 6.06. The molecule has 0 aliphatic heterocycles. The monoisotopic (exact) mass is 112 g/mol. The Morgan fingerprint density at radius 3 is 1.29 bits per heavy atom. The molecule has 0 N–H and O–H groups in total. The summed E-state index contributed by atoms with van der Waals surface area (Å²) < 4.78 is 4.94. The summed E-state index contributed by atoms with van der Waals surface area (Å²) in [5.41, 5.74) is 0.0417. The van der Waals surface area contributed by atoms with Crippen LogP contribution in [0.15, 0.2) is 0 Å². The third kappa shape index (κ3) is 10.8. The highest BCUT2D eigenvalue weighted by Crippen LogP contribution is 2.02. The Morgan fingerprint density at radius 1 is 1.14 bits per heavy atom. The molecule has 0 saturated heterocycles. The van der Waals surface area contributed by atoms with Crippen molar-refractivity contribution in [3.8, 4) is 0 Å². The van der Waals surface area contributed by atoms with E-state index >= 15 is 0 Å². The predicted molar refractivity (Wildman–Crippen MR) is 32.5 cm³/mol. The first-order valence-electron chi connectivity index (χ1n) is 2.11.